The number of nitrogens with zero attached hydrogens (tertiary/aromatic N) is 1. The fourth-order valence-electron chi connectivity index (χ4n) is 2.29. The van der Waals surface area contributed by atoms with Crippen LogP contribution in [0.4, 0.5) is 0 Å². The minimum absolute atomic E-state index is 0.0684. The van der Waals surface area contributed by atoms with Crippen LogP contribution in [0.2, 0.25) is 0 Å². The molecule has 0 spiro atoms. The maximum atomic E-state index is 5.94. The van der Waals surface area contributed by atoms with E-state index in [0.29, 0.717) is 6.10 Å². The summed E-state index contributed by atoms with van der Waals surface area (Å²) in [5, 5.41) is 3.47. The highest BCUT2D eigenvalue weighted by atomic mass is 16.5. The van der Waals surface area contributed by atoms with Crippen LogP contribution < -0.4 is 5.32 Å². The number of nitrogens with one attached hydrogen (secondary N) is 1. The summed E-state index contributed by atoms with van der Waals surface area (Å²) in [5.41, 5.74) is 2.63. The van der Waals surface area contributed by atoms with Crippen molar-refractivity contribution in [1.82, 2.24) is 10.3 Å². The second kappa shape index (κ2) is 5.15. The summed E-state index contributed by atoms with van der Waals surface area (Å²) >= 11 is 0. The van der Waals surface area contributed by atoms with Gasteiger partial charge in [0.25, 0.3) is 0 Å². The molecule has 1 aliphatic rings. The van der Waals surface area contributed by atoms with Crippen LogP contribution in [-0.2, 0) is 11.3 Å². The third-order valence-electron chi connectivity index (χ3n) is 3.38. The van der Waals surface area contributed by atoms with Crippen molar-refractivity contribution in [2.24, 2.45) is 0 Å². The Labute approximate surface area is 104 Å². The van der Waals surface area contributed by atoms with E-state index in [1.54, 1.807) is 0 Å². The molecule has 1 aromatic rings. The molecule has 1 unspecified atom stereocenters. The first-order valence-electron chi connectivity index (χ1n) is 6.35. The lowest BCUT2D eigenvalue weighted by atomic mass is 10.1. The summed E-state index contributed by atoms with van der Waals surface area (Å²) in [7, 11) is 0. The van der Waals surface area contributed by atoms with Gasteiger partial charge in [-0.1, -0.05) is 0 Å². The summed E-state index contributed by atoms with van der Waals surface area (Å²) in [6.45, 7) is 8.26. The minimum atomic E-state index is 0.0684. The number of rotatable bonds is 4. The van der Waals surface area contributed by atoms with E-state index in [1.165, 1.54) is 11.1 Å². The lowest BCUT2D eigenvalue weighted by Crippen LogP contribution is -2.29. The van der Waals surface area contributed by atoms with Crippen LogP contribution in [0.3, 0.4) is 0 Å². The Hall–Kier alpha value is -0.930. The fourth-order valence-corrected chi connectivity index (χ4v) is 2.29. The molecule has 0 aliphatic carbocycles. The van der Waals surface area contributed by atoms with E-state index in [1.807, 2.05) is 12.4 Å². The van der Waals surface area contributed by atoms with Gasteiger partial charge in [0.1, 0.15) is 0 Å². The summed E-state index contributed by atoms with van der Waals surface area (Å²) in [5.74, 6) is 0. The van der Waals surface area contributed by atoms with Gasteiger partial charge in [0, 0.05) is 25.5 Å². The van der Waals surface area contributed by atoms with Crippen LogP contribution in [0.15, 0.2) is 18.5 Å². The first-order valence-corrected chi connectivity index (χ1v) is 6.35. The number of ether oxygens (including phenoxy) is 1. The Balaban J connectivity index is 1.76. The summed E-state index contributed by atoms with van der Waals surface area (Å²) in [6, 6.07) is 2.07. The Bertz CT molecular complexity index is 376. The molecule has 1 aromatic heterocycles. The second-order valence-electron chi connectivity index (χ2n) is 5.47. The quantitative estimate of drug-likeness (QED) is 0.869. The van der Waals surface area contributed by atoms with Gasteiger partial charge < -0.3 is 10.1 Å². The zero-order valence-electron chi connectivity index (χ0n) is 11.0. The topological polar surface area (TPSA) is 34.2 Å². The van der Waals surface area contributed by atoms with Crippen LogP contribution in [-0.4, -0.2) is 23.2 Å². The van der Waals surface area contributed by atoms with Gasteiger partial charge in [0.2, 0.25) is 0 Å². The van der Waals surface area contributed by atoms with Gasteiger partial charge in [-0.2, -0.15) is 0 Å². The molecular weight excluding hydrogens is 212 g/mol. The van der Waals surface area contributed by atoms with Crippen molar-refractivity contribution in [2.45, 2.75) is 51.9 Å². The minimum Gasteiger partial charge on any atom is -0.371 e. The third-order valence-corrected chi connectivity index (χ3v) is 3.38. The SMILES string of the molecule is Cc1cnccc1CNCC1CCC(C)(C)O1. The highest BCUT2D eigenvalue weighted by molar-refractivity contribution is 5.21. The van der Waals surface area contributed by atoms with E-state index >= 15 is 0 Å². The van der Waals surface area contributed by atoms with E-state index < -0.39 is 0 Å². The first-order chi connectivity index (χ1) is 8.07. The maximum Gasteiger partial charge on any atom is 0.0707 e. The molecule has 0 saturated carbocycles. The lowest BCUT2D eigenvalue weighted by molar-refractivity contribution is -0.0143. The van der Waals surface area contributed by atoms with Crippen molar-refractivity contribution >= 4 is 0 Å². The highest BCUT2D eigenvalue weighted by Gasteiger charge is 2.30. The average Bonchev–Trinajstić information content (AvgIpc) is 2.61. The zero-order chi connectivity index (χ0) is 12.3. The summed E-state index contributed by atoms with van der Waals surface area (Å²) < 4.78 is 5.94. The van der Waals surface area contributed by atoms with E-state index in [2.05, 4.69) is 37.1 Å². The molecule has 1 saturated heterocycles. The molecule has 0 aromatic carbocycles. The van der Waals surface area contributed by atoms with Crippen LogP contribution in [0.25, 0.3) is 0 Å². The first kappa shape index (κ1) is 12.5. The van der Waals surface area contributed by atoms with Crippen molar-refractivity contribution in [2.75, 3.05) is 6.54 Å². The second-order valence-corrected chi connectivity index (χ2v) is 5.47. The van der Waals surface area contributed by atoms with Gasteiger partial charge in [-0.15, -0.1) is 0 Å². The average molecular weight is 234 g/mol. The number of aryl methyl sites for hydroxylation is 1. The van der Waals surface area contributed by atoms with E-state index in [0.717, 1.165) is 25.9 Å². The van der Waals surface area contributed by atoms with Gasteiger partial charge in [-0.25, -0.2) is 0 Å². The van der Waals surface area contributed by atoms with Gasteiger partial charge in [0.05, 0.1) is 11.7 Å². The van der Waals surface area contributed by atoms with Crippen LogP contribution in [0.5, 0.6) is 0 Å². The molecule has 1 N–H and O–H groups in total. The van der Waals surface area contributed by atoms with Crippen molar-refractivity contribution in [3.05, 3.63) is 29.6 Å². The highest BCUT2D eigenvalue weighted by Crippen LogP contribution is 2.28. The van der Waals surface area contributed by atoms with E-state index in [4.69, 9.17) is 4.74 Å². The Kier molecular flexibility index (Phi) is 3.79. The fraction of sp³-hybridized carbons (Fsp3) is 0.643. The Morgan fingerprint density at radius 3 is 3.00 bits per heavy atom. The zero-order valence-corrected chi connectivity index (χ0v) is 11.0. The number of pyridine rings is 1. The summed E-state index contributed by atoms with van der Waals surface area (Å²) in [6.07, 6.45) is 6.45. The molecule has 1 atom stereocenters. The van der Waals surface area contributed by atoms with E-state index in [9.17, 15) is 0 Å². The van der Waals surface area contributed by atoms with Gasteiger partial charge in [-0.05, 0) is 50.8 Å². The molecule has 0 bridgehead atoms. The van der Waals surface area contributed by atoms with Crippen LogP contribution >= 0.6 is 0 Å². The molecule has 0 radical (unpaired) electrons. The summed E-state index contributed by atoms with van der Waals surface area (Å²) in [4.78, 5) is 4.10. The Morgan fingerprint density at radius 1 is 1.53 bits per heavy atom. The monoisotopic (exact) mass is 234 g/mol. The van der Waals surface area contributed by atoms with E-state index in [-0.39, 0.29) is 5.60 Å². The molecule has 94 valence electrons. The van der Waals surface area contributed by atoms with Crippen molar-refractivity contribution in [3.63, 3.8) is 0 Å². The standard InChI is InChI=1S/C14H22N2O/c1-11-8-15-7-5-12(11)9-16-10-13-4-6-14(2,3)17-13/h5,7-8,13,16H,4,6,9-10H2,1-3H3. The third kappa shape index (κ3) is 3.51. The lowest BCUT2D eigenvalue weighted by Gasteiger charge is -2.19. The smallest absolute Gasteiger partial charge is 0.0707 e. The Morgan fingerprint density at radius 2 is 2.35 bits per heavy atom. The van der Waals surface area contributed by atoms with Gasteiger partial charge >= 0.3 is 0 Å². The molecule has 1 aliphatic heterocycles. The molecule has 1 fully saturated rings. The predicted octanol–water partition coefficient (Wildman–Crippen LogP) is 2.44. The maximum absolute atomic E-state index is 5.94. The molecule has 3 heteroatoms. The van der Waals surface area contributed by atoms with Crippen LogP contribution in [0.1, 0.15) is 37.8 Å². The largest absolute Gasteiger partial charge is 0.371 e. The van der Waals surface area contributed by atoms with Crippen LogP contribution in [0, 0.1) is 6.92 Å². The molecular formula is C14H22N2O. The predicted molar refractivity (Wildman–Crippen MR) is 68.9 cm³/mol. The normalized spacial score (nSPS) is 22.9. The van der Waals surface area contributed by atoms with Gasteiger partial charge in [0.15, 0.2) is 0 Å². The molecule has 3 nitrogen and oxygen atoms in total. The molecule has 2 rings (SSSR count). The molecule has 17 heavy (non-hydrogen) atoms. The number of hydrogen-bond donors (Lipinski definition) is 1. The molecule has 0 amide bonds. The van der Waals surface area contributed by atoms with Gasteiger partial charge in [-0.3, -0.25) is 4.98 Å². The van der Waals surface area contributed by atoms with Crippen molar-refractivity contribution in [1.29, 1.82) is 0 Å². The van der Waals surface area contributed by atoms with Crippen molar-refractivity contribution in [3.8, 4) is 0 Å². The van der Waals surface area contributed by atoms with Crippen molar-refractivity contribution < 1.29 is 4.74 Å². The number of hydrogen-bond acceptors (Lipinski definition) is 3. The number of aromatic nitrogens is 1. The molecule has 2 heterocycles.